The number of nitrogens with one attached hydrogen (secondary N) is 1. The van der Waals surface area contributed by atoms with Gasteiger partial charge in [0, 0.05) is 29.3 Å². The van der Waals surface area contributed by atoms with Crippen molar-refractivity contribution < 1.29 is 4.79 Å². The molecule has 0 atom stereocenters. The van der Waals surface area contributed by atoms with Gasteiger partial charge in [-0.3, -0.25) is 4.79 Å². The van der Waals surface area contributed by atoms with Crippen molar-refractivity contribution in [3.8, 4) is 0 Å². The Hall–Kier alpha value is -0.740. The van der Waals surface area contributed by atoms with Gasteiger partial charge in [0.1, 0.15) is 5.15 Å². The number of amides is 1. The van der Waals surface area contributed by atoms with E-state index >= 15 is 0 Å². The van der Waals surface area contributed by atoms with E-state index < -0.39 is 0 Å². The van der Waals surface area contributed by atoms with Gasteiger partial charge in [0.15, 0.2) is 0 Å². The molecule has 0 radical (unpaired) electrons. The smallest absolute Gasteiger partial charge is 0.225 e. The molecule has 2 rings (SSSR count). The van der Waals surface area contributed by atoms with Crippen LogP contribution in [0.1, 0.15) is 6.42 Å². The van der Waals surface area contributed by atoms with Gasteiger partial charge >= 0.3 is 0 Å². The molecule has 1 aliphatic rings. The number of halogens is 1. The summed E-state index contributed by atoms with van der Waals surface area (Å²) >= 11 is 7.32. The number of nitrogens with zero attached hydrogens (tertiary/aromatic N) is 1. The lowest BCUT2D eigenvalue weighted by Gasteiger charge is -2.04. The lowest BCUT2D eigenvalue weighted by atomic mass is 10.4. The zero-order valence-corrected chi connectivity index (χ0v) is 8.28. The molecular weight excluding hydrogens is 208 g/mol. The van der Waals surface area contributed by atoms with Gasteiger partial charge in [-0.2, -0.15) is 0 Å². The molecule has 0 saturated carbocycles. The number of rotatable bonds is 0. The Labute approximate surface area is 84.9 Å². The third kappa shape index (κ3) is 1.95. The van der Waals surface area contributed by atoms with Crippen molar-refractivity contribution in [2.45, 2.75) is 11.3 Å². The molecule has 0 aliphatic carbocycles. The second-order valence-corrected chi connectivity index (χ2v) is 4.17. The van der Waals surface area contributed by atoms with Gasteiger partial charge in [-0.15, -0.1) is 11.8 Å². The second kappa shape index (κ2) is 3.55. The summed E-state index contributed by atoms with van der Waals surface area (Å²) in [4.78, 5) is 16.1. The highest BCUT2D eigenvalue weighted by Gasteiger charge is 2.13. The number of pyridine rings is 1. The molecular formula is C8H7ClN2OS. The number of carbonyl (C=O) groups is 1. The van der Waals surface area contributed by atoms with Gasteiger partial charge in [0.25, 0.3) is 0 Å². The van der Waals surface area contributed by atoms with Crippen LogP contribution in [0.4, 0.5) is 5.69 Å². The van der Waals surface area contributed by atoms with E-state index in [1.54, 1.807) is 24.0 Å². The zero-order valence-electron chi connectivity index (χ0n) is 6.71. The molecule has 1 amide bonds. The lowest BCUT2D eigenvalue weighted by molar-refractivity contribution is -0.115. The number of aromatic nitrogens is 1. The SMILES string of the molecule is O=C1CCSc2cnc(Cl)cc2N1. The van der Waals surface area contributed by atoms with E-state index in [1.807, 2.05) is 0 Å². The van der Waals surface area contributed by atoms with Gasteiger partial charge < -0.3 is 5.32 Å². The van der Waals surface area contributed by atoms with E-state index in [0.29, 0.717) is 11.6 Å². The van der Waals surface area contributed by atoms with Crippen LogP contribution in [0, 0.1) is 0 Å². The van der Waals surface area contributed by atoms with Crippen molar-refractivity contribution in [1.29, 1.82) is 0 Å². The number of hydrogen-bond donors (Lipinski definition) is 1. The first-order chi connectivity index (χ1) is 6.25. The molecule has 68 valence electrons. The fraction of sp³-hybridized carbons (Fsp3) is 0.250. The normalized spacial score (nSPS) is 15.9. The Balaban J connectivity index is 2.40. The predicted octanol–water partition coefficient (Wildman–Crippen LogP) is 2.17. The molecule has 0 unspecified atom stereocenters. The zero-order chi connectivity index (χ0) is 9.26. The summed E-state index contributed by atoms with van der Waals surface area (Å²) in [5.74, 6) is 0.829. The Bertz CT molecular complexity index is 356. The van der Waals surface area contributed by atoms with Gasteiger partial charge in [0.05, 0.1) is 5.69 Å². The first kappa shape index (κ1) is 8.84. The Morgan fingerprint density at radius 2 is 2.46 bits per heavy atom. The first-order valence-electron chi connectivity index (χ1n) is 3.84. The number of carbonyl (C=O) groups excluding carboxylic acids is 1. The van der Waals surface area contributed by atoms with Crippen molar-refractivity contribution in [2.24, 2.45) is 0 Å². The molecule has 3 nitrogen and oxygen atoms in total. The number of thioether (sulfide) groups is 1. The lowest BCUT2D eigenvalue weighted by Crippen LogP contribution is -2.10. The molecule has 0 bridgehead atoms. The van der Waals surface area contributed by atoms with Gasteiger partial charge in [0.2, 0.25) is 5.91 Å². The van der Waals surface area contributed by atoms with Crippen molar-refractivity contribution in [1.82, 2.24) is 4.98 Å². The molecule has 13 heavy (non-hydrogen) atoms. The fourth-order valence-corrected chi connectivity index (χ4v) is 2.15. The molecule has 5 heteroatoms. The van der Waals surface area contributed by atoms with Crippen molar-refractivity contribution in [2.75, 3.05) is 11.1 Å². The third-order valence-corrected chi connectivity index (χ3v) is 2.95. The van der Waals surface area contributed by atoms with Crippen LogP contribution in [0.3, 0.4) is 0 Å². The standard InChI is InChI=1S/C8H7ClN2OS/c9-7-3-5-6(4-10-7)13-2-1-8(12)11-5/h3-4H,1-2H2,(H,11,12). The molecule has 1 aromatic heterocycles. The molecule has 0 fully saturated rings. The summed E-state index contributed by atoms with van der Waals surface area (Å²) in [5, 5.41) is 3.18. The van der Waals surface area contributed by atoms with Crippen LogP contribution in [0.15, 0.2) is 17.2 Å². The molecule has 1 aromatic rings. The second-order valence-electron chi connectivity index (χ2n) is 2.65. The van der Waals surface area contributed by atoms with E-state index in [1.165, 1.54) is 0 Å². The molecule has 0 aromatic carbocycles. The maximum atomic E-state index is 11.2. The van der Waals surface area contributed by atoms with E-state index in [2.05, 4.69) is 10.3 Å². The topological polar surface area (TPSA) is 42.0 Å². The van der Waals surface area contributed by atoms with Crippen LogP contribution in [-0.4, -0.2) is 16.6 Å². The summed E-state index contributed by atoms with van der Waals surface area (Å²) in [6.45, 7) is 0. The van der Waals surface area contributed by atoms with E-state index in [9.17, 15) is 4.79 Å². The molecule has 0 saturated heterocycles. The number of fused-ring (bicyclic) bond motifs is 1. The van der Waals surface area contributed by atoms with Gasteiger partial charge in [-0.05, 0) is 0 Å². The highest BCUT2D eigenvalue weighted by atomic mass is 35.5. The molecule has 0 spiro atoms. The minimum absolute atomic E-state index is 0.0357. The van der Waals surface area contributed by atoms with Crippen LogP contribution in [0.5, 0.6) is 0 Å². The number of anilines is 1. The van der Waals surface area contributed by atoms with Gasteiger partial charge in [-0.25, -0.2) is 4.98 Å². The third-order valence-electron chi connectivity index (χ3n) is 1.69. The van der Waals surface area contributed by atoms with Crippen molar-refractivity contribution in [3.05, 3.63) is 17.4 Å². The maximum Gasteiger partial charge on any atom is 0.225 e. The average molecular weight is 215 g/mol. The minimum Gasteiger partial charge on any atom is -0.325 e. The van der Waals surface area contributed by atoms with E-state index in [0.717, 1.165) is 16.3 Å². The Morgan fingerprint density at radius 3 is 3.31 bits per heavy atom. The van der Waals surface area contributed by atoms with Crippen LogP contribution >= 0.6 is 23.4 Å². The Kier molecular flexibility index (Phi) is 2.42. The summed E-state index contributed by atoms with van der Waals surface area (Å²) in [7, 11) is 0. The first-order valence-corrected chi connectivity index (χ1v) is 5.20. The summed E-state index contributed by atoms with van der Waals surface area (Å²) in [6.07, 6.45) is 2.23. The fourth-order valence-electron chi connectivity index (χ4n) is 1.10. The largest absolute Gasteiger partial charge is 0.325 e. The predicted molar refractivity (Wildman–Crippen MR) is 53.2 cm³/mol. The van der Waals surface area contributed by atoms with E-state index in [4.69, 9.17) is 11.6 Å². The van der Waals surface area contributed by atoms with Gasteiger partial charge in [-0.1, -0.05) is 11.6 Å². The molecule has 2 heterocycles. The minimum atomic E-state index is 0.0357. The van der Waals surface area contributed by atoms with Crippen molar-refractivity contribution >= 4 is 35.0 Å². The van der Waals surface area contributed by atoms with Crippen LogP contribution in [-0.2, 0) is 4.79 Å². The number of hydrogen-bond acceptors (Lipinski definition) is 3. The van der Waals surface area contributed by atoms with E-state index in [-0.39, 0.29) is 5.91 Å². The van der Waals surface area contributed by atoms with Crippen LogP contribution < -0.4 is 5.32 Å². The quantitative estimate of drug-likeness (QED) is 0.673. The summed E-state index contributed by atoms with van der Waals surface area (Å²) in [5.41, 5.74) is 0.771. The highest BCUT2D eigenvalue weighted by Crippen LogP contribution is 2.31. The summed E-state index contributed by atoms with van der Waals surface area (Å²) < 4.78 is 0. The summed E-state index contributed by atoms with van der Waals surface area (Å²) in [6, 6.07) is 1.67. The average Bonchev–Trinajstić information content (AvgIpc) is 2.25. The molecule has 1 aliphatic heterocycles. The Morgan fingerprint density at radius 1 is 1.62 bits per heavy atom. The molecule has 1 N–H and O–H groups in total. The highest BCUT2D eigenvalue weighted by molar-refractivity contribution is 7.99. The maximum absolute atomic E-state index is 11.2. The van der Waals surface area contributed by atoms with Crippen molar-refractivity contribution in [3.63, 3.8) is 0 Å². The van der Waals surface area contributed by atoms with Crippen LogP contribution in [0.25, 0.3) is 0 Å². The van der Waals surface area contributed by atoms with Crippen LogP contribution in [0.2, 0.25) is 5.15 Å². The monoisotopic (exact) mass is 214 g/mol.